The second kappa shape index (κ2) is 17.5. The van der Waals surface area contributed by atoms with Crippen LogP contribution in [0.1, 0.15) is 157 Å². The largest absolute Gasteiger partial charge is 0.463 e. The maximum absolute atomic E-state index is 12.9. The minimum Gasteiger partial charge on any atom is -0.463 e. The number of hydrogen-bond acceptors (Lipinski definition) is 6. The highest BCUT2D eigenvalue weighted by Crippen LogP contribution is 2.43. The number of carbonyl (C=O) groups excluding carboxylic acids is 1. The Hall–Kier alpha value is -0.690. The van der Waals surface area contributed by atoms with E-state index in [1.54, 1.807) is 0 Å². The van der Waals surface area contributed by atoms with Gasteiger partial charge >= 0.3 is 5.97 Å². The van der Waals surface area contributed by atoms with Crippen LogP contribution < -0.4 is 0 Å². The van der Waals surface area contributed by atoms with Crippen LogP contribution in [0.3, 0.4) is 0 Å². The molecule has 0 aromatic carbocycles. The van der Waals surface area contributed by atoms with Crippen LogP contribution in [0.2, 0.25) is 0 Å². The Balaban J connectivity index is 4.90. The minimum atomic E-state index is -0.391. The predicted molar refractivity (Wildman–Crippen MR) is 185 cm³/mol. The fourth-order valence-electron chi connectivity index (χ4n) is 5.35. The van der Waals surface area contributed by atoms with E-state index in [0.717, 1.165) is 38.7 Å². The van der Waals surface area contributed by atoms with Gasteiger partial charge in [0.2, 0.25) is 0 Å². The molecule has 0 aromatic rings. The lowest BCUT2D eigenvalue weighted by Crippen LogP contribution is -2.48. The lowest BCUT2D eigenvalue weighted by Gasteiger charge is -2.47. The van der Waals surface area contributed by atoms with Crippen LogP contribution in [-0.4, -0.2) is 61.4 Å². The Morgan fingerprint density at radius 3 is 1.73 bits per heavy atom. The number of hydrogen-bond donors (Lipinski definition) is 0. The summed E-state index contributed by atoms with van der Waals surface area (Å²) in [6.07, 6.45) is 4.64. The zero-order valence-corrected chi connectivity index (χ0v) is 32.6. The number of esters is 1. The first-order valence-corrected chi connectivity index (χ1v) is 17.5. The number of ether oxygens (including phenoxy) is 5. The van der Waals surface area contributed by atoms with Gasteiger partial charge in [-0.2, -0.15) is 0 Å². The molecule has 0 aliphatic heterocycles. The third-order valence-corrected chi connectivity index (χ3v) is 10.6. The Morgan fingerprint density at radius 2 is 1.23 bits per heavy atom. The summed E-state index contributed by atoms with van der Waals surface area (Å²) < 4.78 is 30.9. The fourth-order valence-corrected chi connectivity index (χ4v) is 5.35. The topological polar surface area (TPSA) is 63.2 Å². The van der Waals surface area contributed by atoms with Gasteiger partial charge in [0.05, 0.1) is 48.1 Å². The third-order valence-electron chi connectivity index (χ3n) is 10.6. The Kier molecular flexibility index (Phi) is 17.2. The van der Waals surface area contributed by atoms with E-state index >= 15 is 0 Å². The van der Waals surface area contributed by atoms with Gasteiger partial charge in [0, 0.05) is 6.61 Å². The zero-order chi connectivity index (χ0) is 34.8. The summed E-state index contributed by atoms with van der Waals surface area (Å²) in [7, 11) is 0. The average molecular weight is 629 g/mol. The lowest BCUT2D eigenvalue weighted by atomic mass is 9.72. The highest BCUT2D eigenvalue weighted by molar-refractivity contribution is 5.73. The van der Waals surface area contributed by atoms with E-state index in [9.17, 15) is 4.79 Å². The molecule has 0 saturated carbocycles. The van der Waals surface area contributed by atoms with Gasteiger partial charge in [-0.15, -0.1) is 0 Å². The van der Waals surface area contributed by atoms with Crippen molar-refractivity contribution < 1.29 is 28.5 Å². The average Bonchev–Trinajstić information content (AvgIpc) is 2.83. The fraction of sp³-hybridized carbons (Fsp3) is 0.974. The van der Waals surface area contributed by atoms with Crippen LogP contribution in [-0.2, 0) is 28.5 Å². The first kappa shape index (κ1) is 43.3. The second-order valence-corrected chi connectivity index (χ2v) is 17.5. The molecular weight excluding hydrogens is 552 g/mol. The van der Waals surface area contributed by atoms with Crippen molar-refractivity contribution in [1.82, 2.24) is 0 Å². The summed E-state index contributed by atoms with van der Waals surface area (Å²) in [5.41, 5.74) is -1.29. The smallest absolute Gasteiger partial charge is 0.309 e. The summed E-state index contributed by atoms with van der Waals surface area (Å²) in [5.74, 6) is 0.233. The Labute approximate surface area is 274 Å². The molecule has 6 heteroatoms. The zero-order valence-electron chi connectivity index (χ0n) is 32.6. The van der Waals surface area contributed by atoms with E-state index in [4.69, 9.17) is 23.7 Å². The van der Waals surface area contributed by atoms with Crippen molar-refractivity contribution in [2.24, 2.45) is 28.1 Å². The molecule has 0 heterocycles. The highest BCUT2D eigenvalue weighted by atomic mass is 16.6. The molecule has 6 nitrogen and oxygen atoms in total. The summed E-state index contributed by atoms with van der Waals surface area (Å²) in [6.45, 7) is 41.0. The summed E-state index contributed by atoms with van der Waals surface area (Å²) in [5, 5.41) is 0. The Bertz CT molecular complexity index is 821. The van der Waals surface area contributed by atoms with Crippen molar-refractivity contribution in [3.05, 3.63) is 0 Å². The SMILES string of the molecule is CCC(C)(C)C(CC(C)C)C(=O)OCCOC(C)(C)CCOC(C)(C)C(C)(C)CC(C)OC(C)(C)C(C)(C)CCOC(C)C. The highest BCUT2D eigenvalue weighted by Gasteiger charge is 2.43. The molecule has 0 N–H and O–H groups in total. The predicted octanol–water partition coefficient (Wildman–Crippen LogP) is 10.0. The third kappa shape index (κ3) is 14.8. The van der Waals surface area contributed by atoms with Gasteiger partial charge in [0.25, 0.3) is 0 Å². The standard InChI is InChI=1S/C38H76O6/c1-19-33(7,8)31(26-28(2)3)32(39)41-24-25-42-36(13,14)21-23-43-37(15,16)35(11,12)27-30(6)44-38(17,18)34(9,10)20-22-40-29(4)5/h28-31H,19-27H2,1-18H3. The molecule has 0 bridgehead atoms. The van der Waals surface area contributed by atoms with E-state index in [1.165, 1.54) is 0 Å². The van der Waals surface area contributed by atoms with E-state index in [1.807, 2.05) is 0 Å². The van der Waals surface area contributed by atoms with E-state index in [-0.39, 0.29) is 58.1 Å². The van der Waals surface area contributed by atoms with Crippen molar-refractivity contribution in [2.45, 2.75) is 186 Å². The first-order chi connectivity index (χ1) is 19.7. The molecule has 0 aromatic heterocycles. The van der Waals surface area contributed by atoms with E-state index in [2.05, 4.69) is 125 Å². The molecule has 0 saturated heterocycles. The molecule has 44 heavy (non-hydrogen) atoms. The van der Waals surface area contributed by atoms with Crippen LogP contribution in [0.4, 0.5) is 0 Å². The molecule has 0 spiro atoms. The van der Waals surface area contributed by atoms with Crippen LogP contribution >= 0.6 is 0 Å². The number of carbonyl (C=O) groups is 1. The maximum Gasteiger partial charge on any atom is 0.309 e. The van der Waals surface area contributed by atoms with Gasteiger partial charge in [0.1, 0.15) is 6.61 Å². The van der Waals surface area contributed by atoms with Gasteiger partial charge in [-0.3, -0.25) is 4.79 Å². The lowest BCUT2D eigenvalue weighted by molar-refractivity contribution is -0.169. The number of rotatable bonds is 23. The second-order valence-electron chi connectivity index (χ2n) is 17.5. The molecule has 0 amide bonds. The van der Waals surface area contributed by atoms with Gasteiger partial charge in [-0.1, -0.05) is 68.7 Å². The molecule has 0 aliphatic carbocycles. The Morgan fingerprint density at radius 1 is 0.659 bits per heavy atom. The molecule has 0 radical (unpaired) electrons. The van der Waals surface area contributed by atoms with Crippen molar-refractivity contribution in [1.29, 1.82) is 0 Å². The summed E-state index contributed by atoms with van der Waals surface area (Å²) in [4.78, 5) is 12.9. The van der Waals surface area contributed by atoms with Crippen LogP contribution in [0.15, 0.2) is 0 Å². The van der Waals surface area contributed by atoms with E-state index in [0.29, 0.717) is 19.1 Å². The van der Waals surface area contributed by atoms with Gasteiger partial charge in [0.15, 0.2) is 0 Å². The molecule has 2 unspecified atom stereocenters. The van der Waals surface area contributed by atoms with Crippen molar-refractivity contribution in [3.63, 3.8) is 0 Å². The van der Waals surface area contributed by atoms with Crippen LogP contribution in [0.25, 0.3) is 0 Å². The van der Waals surface area contributed by atoms with Gasteiger partial charge < -0.3 is 23.7 Å². The molecule has 0 fully saturated rings. The quantitative estimate of drug-likeness (QED) is 0.0829. The molecule has 264 valence electrons. The maximum atomic E-state index is 12.9. The van der Waals surface area contributed by atoms with Crippen molar-refractivity contribution in [3.8, 4) is 0 Å². The molecule has 0 aliphatic rings. The van der Waals surface area contributed by atoms with Crippen molar-refractivity contribution >= 4 is 5.97 Å². The summed E-state index contributed by atoms with van der Waals surface area (Å²) >= 11 is 0. The van der Waals surface area contributed by atoms with Crippen molar-refractivity contribution in [2.75, 3.05) is 26.4 Å². The minimum absolute atomic E-state index is 0.0297. The normalized spacial score (nSPS) is 15.6. The molecular formula is C38H76O6. The van der Waals surface area contributed by atoms with E-state index < -0.39 is 5.60 Å². The first-order valence-electron chi connectivity index (χ1n) is 17.5. The summed E-state index contributed by atoms with van der Waals surface area (Å²) in [6, 6.07) is 0. The van der Waals surface area contributed by atoms with Crippen LogP contribution in [0.5, 0.6) is 0 Å². The van der Waals surface area contributed by atoms with Crippen LogP contribution in [0, 0.1) is 28.1 Å². The molecule has 2 atom stereocenters. The monoisotopic (exact) mass is 629 g/mol. The van der Waals surface area contributed by atoms with Gasteiger partial charge in [-0.05, 0) is 110 Å². The molecule has 0 rings (SSSR count). The van der Waals surface area contributed by atoms with Gasteiger partial charge in [-0.25, -0.2) is 0 Å².